The van der Waals surface area contributed by atoms with Gasteiger partial charge in [0.05, 0.1) is 21.5 Å². The molecule has 1 unspecified atom stereocenters. The topological polar surface area (TPSA) is 158 Å². The van der Waals surface area contributed by atoms with Gasteiger partial charge in [0.15, 0.2) is 0 Å². The zero-order valence-electron chi connectivity index (χ0n) is 16.2. The molecule has 0 aliphatic heterocycles. The second kappa shape index (κ2) is 8.57. The van der Waals surface area contributed by atoms with Crippen LogP contribution in [0.1, 0.15) is 57.3 Å². The van der Waals surface area contributed by atoms with E-state index in [-0.39, 0.29) is 16.1 Å². The lowest BCUT2D eigenvalue weighted by Gasteiger charge is -2.21. The highest BCUT2D eigenvalue weighted by Crippen LogP contribution is 2.41. The summed E-state index contributed by atoms with van der Waals surface area (Å²) < 4.78 is 0. The standard InChI is InChI=1S/C19H20N4O6S/c1-2-3-10-4-6-13-15(8-10)30-19(16(13)17(20)24)21-18(25)12-7-5-11(22(26)27)9-14(12)23(28)29/h5,7,9-10H,2-4,6,8H2,1H3,(H2,20,24)(H,21,25). The van der Waals surface area contributed by atoms with Gasteiger partial charge in [0.25, 0.3) is 23.2 Å². The first-order valence-corrected chi connectivity index (χ1v) is 10.2. The molecule has 1 aromatic carbocycles. The molecule has 1 heterocycles. The third-order valence-corrected chi connectivity index (χ3v) is 6.34. The molecular formula is C19H20N4O6S. The maximum Gasteiger partial charge on any atom is 0.289 e. The van der Waals surface area contributed by atoms with Crippen molar-refractivity contribution in [3.8, 4) is 0 Å². The number of nitrogens with zero attached hydrogens (tertiary/aromatic N) is 2. The zero-order valence-corrected chi connectivity index (χ0v) is 17.0. The van der Waals surface area contributed by atoms with Crippen molar-refractivity contribution in [1.29, 1.82) is 0 Å². The Morgan fingerprint density at radius 3 is 2.60 bits per heavy atom. The van der Waals surface area contributed by atoms with Gasteiger partial charge in [-0.05, 0) is 36.8 Å². The molecule has 3 N–H and O–H groups in total. The van der Waals surface area contributed by atoms with Crippen molar-refractivity contribution in [1.82, 2.24) is 0 Å². The number of non-ortho nitro benzene ring substituents is 1. The number of carbonyl (C=O) groups is 2. The van der Waals surface area contributed by atoms with Crippen LogP contribution in [0.5, 0.6) is 0 Å². The molecule has 10 nitrogen and oxygen atoms in total. The number of amides is 2. The second-order valence-corrected chi connectivity index (χ2v) is 8.24. The van der Waals surface area contributed by atoms with E-state index >= 15 is 0 Å². The van der Waals surface area contributed by atoms with Gasteiger partial charge in [0.1, 0.15) is 10.6 Å². The van der Waals surface area contributed by atoms with Crippen LogP contribution in [0.3, 0.4) is 0 Å². The van der Waals surface area contributed by atoms with Crippen LogP contribution >= 0.6 is 11.3 Å². The number of fused-ring (bicyclic) bond motifs is 1. The van der Waals surface area contributed by atoms with Gasteiger partial charge in [-0.1, -0.05) is 19.8 Å². The highest BCUT2D eigenvalue weighted by atomic mass is 32.1. The van der Waals surface area contributed by atoms with Gasteiger partial charge in [-0.3, -0.25) is 29.8 Å². The van der Waals surface area contributed by atoms with Crippen molar-refractivity contribution in [2.45, 2.75) is 39.0 Å². The van der Waals surface area contributed by atoms with Crippen LogP contribution in [-0.2, 0) is 12.8 Å². The summed E-state index contributed by atoms with van der Waals surface area (Å²) in [4.78, 5) is 46.4. The third kappa shape index (κ3) is 4.15. The van der Waals surface area contributed by atoms with E-state index in [1.165, 1.54) is 11.3 Å². The molecule has 1 atom stereocenters. The second-order valence-electron chi connectivity index (χ2n) is 7.14. The van der Waals surface area contributed by atoms with Gasteiger partial charge >= 0.3 is 0 Å². The van der Waals surface area contributed by atoms with Crippen LogP contribution in [0.4, 0.5) is 16.4 Å². The van der Waals surface area contributed by atoms with Crippen LogP contribution in [0, 0.1) is 26.1 Å². The monoisotopic (exact) mass is 432 g/mol. The predicted octanol–water partition coefficient (Wildman–Crippen LogP) is 3.82. The maximum atomic E-state index is 12.7. The number of benzene rings is 1. The largest absolute Gasteiger partial charge is 0.365 e. The molecule has 0 saturated carbocycles. The number of hydrogen-bond acceptors (Lipinski definition) is 7. The van der Waals surface area contributed by atoms with E-state index in [0.717, 1.165) is 54.3 Å². The number of anilines is 1. The number of hydrogen-bond donors (Lipinski definition) is 2. The minimum Gasteiger partial charge on any atom is -0.365 e. The summed E-state index contributed by atoms with van der Waals surface area (Å²) in [7, 11) is 0. The summed E-state index contributed by atoms with van der Waals surface area (Å²) in [6, 6.07) is 2.78. The Labute approximate surface area is 175 Å². The van der Waals surface area contributed by atoms with Crippen molar-refractivity contribution >= 4 is 39.5 Å². The minimum absolute atomic E-state index is 0.239. The molecule has 158 valence electrons. The average Bonchev–Trinajstić information content (AvgIpc) is 3.04. The SMILES string of the molecule is CCCC1CCc2c(sc(NC(=O)c3ccc([N+](=O)[O-])cc3[N+](=O)[O-])c2C(N)=O)C1. The lowest BCUT2D eigenvalue weighted by atomic mass is 9.84. The quantitative estimate of drug-likeness (QED) is 0.500. The Morgan fingerprint density at radius 2 is 2.00 bits per heavy atom. The first kappa shape index (κ1) is 21.4. The number of rotatable bonds is 7. The predicted molar refractivity (Wildman–Crippen MR) is 111 cm³/mol. The Kier molecular flexibility index (Phi) is 6.11. The van der Waals surface area contributed by atoms with E-state index in [2.05, 4.69) is 12.2 Å². The fraction of sp³-hybridized carbons (Fsp3) is 0.368. The molecule has 1 aromatic heterocycles. The van der Waals surface area contributed by atoms with E-state index in [1.54, 1.807) is 0 Å². The molecule has 0 radical (unpaired) electrons. The van der Waals surface area contributed by atoms with Gasteiger partial charge in [0, 0.05) is 10.9 Å². The number of nitrogens with two attached hydrogens (primary N) is 1. The fourth-order valence-corrected chi connectivity index (χ4v) is 5.17. The molecule has 1 aliphatic rings. The molecule has 11 heteroatoms. The molecule has 0 spiro atoms. The maximum absolute atomic E-state index is 12.7. The van der Waals surface area contributed by atoms with Crippen LogP contribution in [0.25, 0.3) is 0 Å². The Hall–Kier alpha value is -3.34. The lowest BCUT2D eigenvalue weighted by molar-refractivity contribution is -0.394. The first-order valence-electron chi connectivity index (χ1n) is 9.41. The average molecular weight is 432 g/mol. The highest BCUT2D eigenvalue weighted by molar-refractivity contribution is 7.17. The molecule has 2 amide bonds. The number of nitrogens with one attached hydrogen (secondary N) is 1. The molecule has 0 fully saturated rings. The first-order chi connectivity index (χ1) is 14.2. The molecule has 0 bridgehead atoms. The lowest BCUT2D eigenvalue weighted by Crippen LogP contribution is -2.20. The van der Waals surface area contributed by atoms with E-state index in [9.17, 15) is 29.8 Å². The van der Waals surface area contributed by atoms with Gasteiger partial charge in [-0.25, -0.2) is 0 Å². The van der Waals surface area contributed by atoms with Crippen molar-refractivity contribution in [2.24, 2.45) is 11.7 Å². The number of carbonyl (C=O) groups excluding carboxylic acids is 2. The highest BCUT2D eigenvalue weighted by Gasteiger charge is 2.30. The van der Waals surface area contributed by atoms with Crippen molar-refractivity contribution in [2.75, 3.05) is 5.32 Å². The number of thiophene rings is 1. The van der Waals surface area contributed by atoms with E-state index in [4.69, 9.17) is 5.73 Å². The normalized spacial score (nSPS) is 15.3. The van der Waals surface area contributed by atoms with Gasteiger partial charge < -0.3 is 11.1 Å². The Morgan fingerprint density at radius 1 is 1.27 bits per heavy atom. The van der Waals surface area contributed by atoms with E-state index < -0.39 is 33.0 Å². The number of nitro benzene ring substituents is 2. The van der Waals surface area contributed by atoms with Crippen LogP contribution in [0.15, 0.2) is 18.2 Å². The van der Waals surface area contributed by atoms with Crippen molar-refractivity contribution in [3.05, 3.63) is 60.0 Å². The molecular weight excluding hydrogens is 412 g/mol. The number of nitro groups is 2. The molecule has 0 saturated heterocycles. The van der Waals surface area contributed by atoms with Crippen LogP contribution < -0.4 is 11.1 Å². The summed E-state index contributed by atoms with van der Waals surface area (Å²) in [5, 5.41) is 25.0. The van der Waals surface area contributed by atoms with E-state index in [1.807, 2.05) is 0 Å². The Bertz CT molecular complexity index is 1050. The van der Waals surface area contributed by atoms with Gasteiger partial charge in [-0.2, -0.15) is 0 Å². The summed E-state index contributed by atoms with van der Waals surface area (Å²) in [5.74, 6) is -1.00. The van der Waals surface area contributed by atoms with Crippen LogP contribution in [0.2, 0.25) is 0 Å². The summed E-state index contributed by atoms with van der Waals surface area (Å²) in [6.07, 6.45) is 4.53. The number of primary amides is 1. The summed E-state index contributed by atoms with van der Waals surface area (Å²) in [5.41, 5.74) is 5.10. The third-order valence-electron chi connectivity index (χ3n) is 5.17. The molecule has 30 heavy (non-hydrogen) atoms. The minimum atomic E-state index is -0.855. The summed E-state index contributed by atoms with van der Waals surface area (Å²) >= 11 is 1.25. The van der Waals surface area contributed by atoms with Crippen molar-refractivity contribution in [3.63, 3.8) is 0 Å². The molecule has 2 aromatic rings. The zero-order chi connectivity index (χ0) is 22.0. The van der Waals surface area contributed by atoms with Crippen molar-refractivity contribution < 1.29 is 19.4 Å². The fourth-order valence-electron chi connectivity index (χ4n) is 3.80. The smallest absolute Gasteiger partial charge is 0.289 e. The van der Waals surface area contributed by atoms with E-state index in [0.29, 0.717) is 12.3 Å². The summed E-state index contributed by atoms with van der Waals surface area (Å²) in [6.45, 7) is 2.11. The van der Waals surface area contributed by atoms with Gasteiger partial charge in [0.2, 0.25) is 0 Å². The molecule has 1 aliphatic carbocycles. The molecule has 3 rings (SSSR count). The van der Waals surface area contributed by atoms with Crippen LogP contribution in [-0.4, -0.2) is 21.7 Å². The van der Waals surface area contributed by atoms with Gasteiger partial charge in [-0.15, -0.1) is 11.3 Å². The Balaban J connectivity index is 1.95.